The van der Waals surface area contributed by atoms with Crippen LogP contribution in [-0.4, -0.2) is 54.5 Å². The molecule has 0 N–H and O–H groups in total. The Morgan fingerprint density at radius 2 is 1.92 bits per heavy atom. The highest BCUT2D eigenvalue weighted by atomic mass is 35.5. The van der Waals surface area contributed by atoms with E-state index in [1.807, 2.05) is 0 Å². The van der Waals surface area contributed by atoms with Gasteiger partial charge in [-0.2, -0.15) is 0 Å². The molecule has 0 aliphatic carbocycles. The number of carbonyl (C=O) groups excluding carboxylic acids is 2. The highest BCUT2D eigenvalue weighted by Crippen LogP contribution is 2.31. The zero-order chi connectivity index (χ0) is 17.7. The average molecular weight is 349 g/mol. The third kappa shape index (κ3) is 3.86. The molecule has 1 aromatic rings. The van der Waals surface area contributed by atoms with E-state index in [1.165, 1.54) is 0 Å². The molecule has 0 spiro atoms. The molecule has 0 radical (unpaired) electrons. The second-order valence-corrected chi connectivity index (χ2v) is 5.99. The molecule has 1 aliphatic rings. The van der Waals surface area contributed by atoms with Crippen molar-refractivity contribution in [2.24, 2.45) is 0 Å². The summed E-state index contributed by atoms with van der Waals surface area (Å²) in [5.74, 6) is -0.368. The smallest absolute Gasteiger partial charge is 0.254 e. The molecule has 24 heavy (non-hydrogen) atoms. The molecule has 128 valence electrons. The van der Waals surface area contributed by atoms with Crippen molar-refractivity contribution in [2.75, 3.05) is 26.7 Å². The zero-order valence-electron chi connectivity index (χ0n) is 13.7. The van der Waals surface area contributed by atoms with Gasteiger partial charge in [0.1, 0.15) is 6.61 Å². The van der Waals surface area contributed by atoms with Gasteiger partial charge in [-0.3, -0.25) is 9.59 Å². The number of morpholine rings is 1. The molecular formula is C18H21ClN2O3. The number of halogens is 1. The van der Waals surface area contributed by atoms with Crippen molar-refractivity contribution in [3.05, 3.63) is 60.2 Å². The summed E-state index contributed by atoms with van der Waals surface area (Å²) in [5.41, 5.74) is 0.797. The first-order valence-corrected chi connectivity index (χ1v) is 8.00. The Labute approximate surface area is 147 Å². The van der Waals surface area contributed by atoms with E-state index in [1.54, 1.807) is 53.3 Å². The first-order valence-electron chi connectivity index (χ1n) is 7.63. The number of amides is 2. The Kier molecular flexibility index (Phi) is 6.17. The lowest BCUT2D eigenvalue weighted by atomic mass is 9.97. The maximum atomic E-state index is 12.9. The van der Waals surface area contributed by atoms with E-state index in [2.05, 4.69) is 13.2 Å². The maximum Gasteiger partial charge on any atom is 0.254 e. The Morgan fingerprint density at radius 3 is 2.46 bits per heavy atom. The maximum absolute atomic E-state index is 12.9. The number of hydrogen-bond donors (Lipinski definition) is 0. The molecule has 0 bridgehead atoms. The second-order valence-electron chi connectivity index (χ2n) is 5.55. The van der Waals surface area contributed by atoms with Gasteiger partial charge in [0.15, 0.2) is 6.10 Å². The van der Waals surface area contributed by atoms with Crippen LogP contribution in [0, 0.1) is 0 Å². The minimum Gasteiger partial charge on any atom is -0.356 e. The van der Waals surface area contributed by atoms with Gasteiger partial charge < -0.3 is 14.5 Å². The van der Waals surface area contributed by atoms with Crippen LogP contribution in [-0.2, 0) is 14.3 Å². The first-order chi connectivity index (χ1) is 11.5. The van der Waals surface area contributed by atoms with Gasteiger partial charge in [-0.05, 0) is 17.7 Å². The van der Waals surface area contributed by atoms with Gasteiger partial charge in [-0.1, -0.05) is 35.9 Å². The summed E-state index contributed by atoms with van der Waals surface area (Å²) in [5, 5.41) is 0.590. The molecule has 1 aromatic carbocycles. The van der Waals surface area contributed by atoms with E-state index >= 15 is 0 Å². The van der Waals surface area contributed by atoms with Gasteiger partial charge in [0.2, 0.25) is 5.91 Å². The van der Waals surface area contributed by atoms with Crippen molar-refractivity contribution >= 4 is 23.4 Å². The fraction of sp³-hybridized carbons (Fsp3) is 0.333. The quantitative estimate of drug-likeness (QED) is 0.742. The fourth-order valence-electron chi connectivity index (χ4n) is 2.72. The van der Waals surface area contributed by atoms with Crippen LogP contribution in [0.3, 0.4) is 0 Å². The predicted molar refractivity (Wildman–Crippen MR) is 93.7 cm³/mol. The molecule has 1 fully saturated rings. The van der Waals surface area contributed by atoms with Gasteiger partial charge in [-0.25, -0.2) is 0 Å². The summed E-state index contributed by atoms with van der Waals surface area (Å²) in [4.78, 5) is 28.1. The van der Waals surface area contributed by atoms with Crippen LogP contribution >= 0.6 is 11.6 Å². The van der Waals surface area contributed by atoms with E-state index < -0.39 is 12.1 Å². The molecule has 1 heterocycles. The van der Waals surface area contributed by atoms with Crippen LogP contribution in [0.5, 0.6) is 0 Å². The van der Waals surface area contributed by atoms with E-state index in [4.69, 9.17) is 16.3 Å². The molecular weight excluding hydrogens is 328 g/mol. The normalized spacial score (nSPS) is 20.6. The molecule has 6 heteroatoms. The third-order valence-electron chi connectivity index (χ3n) is 3.95. The van der Waals surface area contributed by atoms with Gasteiger partial charge >= 0.3 is 0 Å². The lowest BCUT2D eigenvalue weighted by Gasteiger charge is -2.40. The van der Waals surface area contributed by atoms with Crippen molar-refractivity contribution in [1.29, 1.82) is 0 Å². The van der Waals surface area contributed by atoms with Crippen LogP contribution < -0.4 is 0 Å². The highest BCUT2D eigenvalue weighted by Gasteiger charge is 2.41. The third-order valence-corrected chi connectivity index (χ3v) is 4.20. The number of likely N-dealkylation sites (N-methyl/N-ethyl adjacent to an activating group) is 1. The molecule has 2 amide bonds. The lowest BCUT2D eigenvalue weighted by Crippen LogP contribution is -2.54. The van der Waals surface area contributed by atoms with Crippen LogP contribution in [0.15, 0.2) is 49.6 Å². The summed E-state index contributed by atoms with van der Waals surface area (Å²) in [6, 6.07) is 6.56. The molecule has 1 aliphatic heterocycles. The summed E-state index contributed by atoms with van der Waals surface area (Å²) < 4.78 is 5.61. The number of ether oxygens (including phenoxy) is 1. The number of rotatable bonds is 6. The van der Waals surface area contributed by atoms with Crippen molar-refractivity contribution in [3.8, 4) is 0 Å². The molecule has 0 unspecified atom stereocenters. The Bertz CT molecular complexity index is 620. The van der Waals surface area contributed by atoms with Crippen LogP contribution in [0.4, 0.5) is 0 Å². The van der Waals surface area contributed by atoms with Crippen LogP contribution in [0.2, 0.25) is 5.02 Å². The highest BCUT2D eigenvalue weighted by molar-refractivity contribution is 6.30. The van der Waals surface area contributed by atoms with Crippen LogP contribution in [0.1, 0.15) is 11.6 Å². The van der Waals surface area contributed by atoms with Crippen molar-refractivity contribution in [3.63, 3.8) is 0 Å². The molecule has 2 atom stereocenters. The topological polar surface area (TPSA) is 49.9 Å². The Balaban J connectivity index is 2.35. The SMILES string of the molecule is C=CCN(CC=C)C(=O)[C@H]1OCC(=O)N(C)[C@@H]1c1ccc(Cl)cc1. The molecule has 1 saturated heterocycles. The summed E-state index contributed by atoms with van der Waals surface area (Å²) in [6.45, 7) is 8.00. The van der Waals surface area contributed by atoms with Gasteiger partial charge in [0.05, 0.1) is 6.04 Å². The summed E-state index contributed by atoms with van der Waals surface area (Å²) in [6.07, 6.45) is 2.51. The van der Waals surface area contributed by atoms with Crippen molar-refractivity contribution in [2.45, 2.75) is 12.1 Å². The van der Waals surface area contributed by atoms with Crippen molar-refractivity contribution in [1.82, 2.24) is 9.80 Å². The van der Waals surface area contributed by atoms with E-state index in [-0.39, 0.29) is 18.4 Å². The molecule has 2 rings (SSSR count). The van der Waals surface area contributed by atoms with Crippen molar-refractivity contribution < 1.29 is 14.3 Å². The molecule has 5 nitrogen and oxygen atoms in total. The minimum absolute atomic E-state index is 0.118. The van der Waals surface area contributed by atoms with Gasteiger partial charge in [-0.15, -0.1) is 13.2 Å². The van der Waals surface area contributed by atoms with Gasteiger partial charge in [0.25, 0.3) is 5.91 Å². The Morgan fingerprint density at radius 1 is 1.33 bits per heavy atom. The predicted octanol–water partition coefficient (Wildman–Crippen LogP) is 2.44. The number of benzene rings is 1. The van der Waals surface area contributed by atoms with Gasteiger partial charge in [0, 0.05) is 25.2 Å². The number of carbonyl (C=O) groups is 2. The standard InChI is InChI=1S/C18H21ClN2O3/c1-4-10-21(11-5-2)18(23)17-16(20(3)15(22)12-24-17)13-6-8-14(19)9-7-13/h4-9,16-17H,1-2,10-12H2,3H3/t16-,17+/m1/s1. The monoisotopic (exact) mass is 348 g/mol. The van der Waals surface area contributed by atoms with Crippen LogP contribution in [0.25, 0.3) is 0 Å². The molecule has 0 saturated carbocycles. The summed E-state index contributed by atoms with van der Waals surface area (Å²) >= 11 is 5.94. The minimum atomic E-state index is -0.784. The van der Waals surface area contributed by atoms with E-state index in [0.29, 0.717) is 18.1 Å². The first kappa shape index (κ1) is 18.2. The lowest BCUT2D eigenvalue weighted by molar-refractivity contribution is -0.166. The molecule has 0 aromatic heterocycles. The summed E-state index contributed by atoms with van der Waals surface area (Å²) in [7, 11) is 1.68. The average Bonchev–Trinajstić information content (AvgIpc) is 2.57. The number of hydrogen-bond acceptors (Lipinski definition) is 3. The number of nitrogens with zero attached hydrogens (tertiary/aromatic N) is 2. The van der Waals surface area contributed by atoms with E-state index in [0.717, 1.165) is 5.56 Å². The zero-order valence-corrected chi connectivity index (χ0v) is 14.4. The van der Waals surface area contributed by atoms with E-state index in [9.17, 15) is 9.59 Å². The largest absolute Gasteiger partial charge is 0.356 e. The fourth-order valence-corrected chi connectivity index (χ4v) is 2.85. The Hall–Kier alpha value is -2.11. The second kappa shape index (κ2) is 8.13.